The predicted octanol–water partition coefficient (Wildman–Crippen LogP) is 2.64. The van der Waals surface area contributed by atoms with Crippen LogP contribution in [0.1, 0.15) is 22.7 Å². The molecule has 1 N–H and O–H groups in total. The number of methoxy groups -OCH3 is 1. The first kappa shape index (κ1) is 17.2. The number of fused-ring (bicyclic) bond motifs is 4. The molecule has 0 aromatic heterocycles. The van der Waals surface area contributed by atoms with Gasteiger partial charge in [0.2, 0.25) is 6.79 Å². The van der Waals surface area contributed by atoms with Crippen molar-refractivity contribution in [1.29, 1.82) is 0 Å². The van der Waals surface area contributed by atoms with Crippen molar-refractivity contribution >= 4 is 5.97 Å². The van der Waals surface area contributed by atoms with Gasteiger partial charge in [0.25, 0.3) is 0 Å². The van der Waals surface area contributed by atoms with Crippen LogP contribution in [-0.2, 0) is 17.6 Å². The van der Waals surface area contributed by atoms with Gasteiger partial charge in [0, 0.05) is 23.7 Å². The van der Waals surface area contributed by atoms with E-state index in [0.29, 0.717) is 17.2 Å². The number of hydrogen-bond acceptors (Lipinski definition) is 6. The van der Waals surface area contributed by atoms with Crippen molar-refractivity contribution in [2.45, 2.75) is 18.9 Å². The van der Waals surface area contributed by atoms with Crippen LogP contribution in [0, 0.1) is 0 Å². The number of carbonyl (C=O) groups is 1. The van der Waals surface area contributed by atoms with Crippen LogP contribution < -0.4 is 18.9 Å². The smallest absolute Gasteiger partial charge is 0.341 e. The molecule has 0 saturated heterocycles. The van der Waals surface area contributed by atoms with Gasteiger partial charge in [-0.25, -0.2) is 4.79 Å². The number of nitrogens with zero attached hydrogens (tertiary/aromatic N) is 1. The highest BCUT2D eigenvalue weighted by molar-refractivity contribution is 5.89. The number of benzene rings is 2. The maximum absolute atomic E-state index is 11.2. The van der Waals surface area contributed by atoms with Crippen LogP contribution in [0.2, 0.25) is 0 Å². The zero-order valence-corrected chi connectivity index (χ0v) is 15.8. The molecule has 0 saturated carbocycles. The van der Waals surface area contributed by atoms with Gasteiger partial charge < -0.3 is 24.1 Å². The quantitative estimate of drug-likeness (QED) is 0.870. The number of carboxylic acid groups (broad SMARTS) is 1. The van der Waals surface area contributed by atoms with Gasteiger partial charge in [0.15, 0.2) is 29.6 Å². The maximum atomic E-state index is 11.2. The van der Waals surface area contributed by atoms with Crippen LogP contribution in [0.4, 0.5) is 0 Å². The summed E-state index contributed by atoms with van der Waals surface area (Å²) in [6.07, 6.45) is 1.75. The largest absolute Gasteiger partial charge is 0.493 e. The first-order chi connectivity index (χ1) is 13.6. The molecule has 0 unspecified atom stereocenters. The van der Waals surface area contributed by atoms with Crippen LogP contribution in [0.15, 0.2) is 18.2 Å². The van der Waals surface area contributed by atoms with Gasteiger partial charge >= 0.3 is 5.97 Å². The molecule has 2 aromatic rings. The highest BCUT2D eigenvalue weighted by atomic mass is 16.7. The first-order valence-electron chi connectivity index (χ1n) is 9.29. The molecule has 7 nitrogen and oxygen atoms in total. The van der Waals surface area contributed by atoms with Crippen molar-refractivity contribution < 1.29 is 28.8 Å². The Labute approximate surface area is 162 Å². The number of hydrogen-bond donors (Lipinski definition) is 1. The number of ether oxygens (including phenoxy) is 4. The predicted molar refractivity (Wildman–Crippen MR) is 100 cm³/mol. The van der Waals surface area contributed by atoms with Crippen molar-refractivity contribution in [2.75, 3.05) is 34.1 Å². The summed E-state index contributed by atoms with van der Waals surface area (Å²) in [5.41, 5.74) is 5.36. The van der Waals surface area contributed by atoms with Crippen LogP contribution >= 0.6 is 0 Å². The fourth-order valence-corrected chi connectivity index (χ4v) is 4.57. The molecule has 0 fully saturated rings. The maximum Gasteiger partial charge on any atom is 0.341 e. The molecule has 2 aromatic carbocycles. The lowest BCUT2D eigenvalue weighted by Gasteiger charge is -2.40. The fraction of sp³-hybridized carbons (Fsp3) is 0.381. The van der Waals surface area contributed by atoms with Crippen LogP contribution in [0.5, 0.6) is 23.0 Å². The van der Waals surface area contributed by atoms with Gasteiger partial charge in [-0.05, 0) is 48.7 Å². The molecule has 28 heavy (non-hydrogen) atoms. The summed E-state index contributed by atoms with van der Waals surface area (Å²) in [5, 5.41) is 9.14. The van der Waals surface area contributed by atoms with E-state index in [1.807, 2.05) is 12.1 Å². The molecule has 0 spiro atoms. The Morgan fingerprint density at radius 1 is 1.29 bits per heavy atom. The lowest BCUT2D eigenvalue weighted by Crippen LogP contribution is -2.35. The monoisotopic (exact) mass is 383 g/mol. The summed E-state index contributed by atoms with van der Waals surface area (Å²) in [6, 6.07) is 6.19. The molecule has 1 atom stereocenters. The summed E-state index contributed by atoms with van der Waals surface area (Å²) >= 11 is 0. The Hall–Kier alpha value is -2.93. The molecule has 7 heteroatoms. The van der Waals surface area contributed by atoms with E-state index < -0.39 is 12.6 Å². The van der Waals surface area contributed by atoms with E-state index in [1.165, 1.54) is 11.1 Å². The Morgan fingerprint density at radius 3 is 2.93 bits per heavy atom. The van der Waals surface area contributed by atoms with E-state index in [0.717, 1.165) is 41.8 Å². The summed E-state index contributed by atoms with van der Waals surface area (Å²) in [5.74, 6) is 1.35. The first-order valence-corrected chi connectivity index (χ1v) is 9.29. The highest BCUT2D eigenvalue weighted by Gasteiger charge is 2.39. The van der Waals surface area contributed by atoms with Crippen molar-refractivity contribution in [3.63, 3.8) is 0 Å². The fourth-order valence-electron chi connectivity index (χ4n) is 4.57. The van der Waals surface area contributed by atoms with Gasteiger partial charge in [0.1, 0.15) is 0 Å². The van der Waals surface area contributed by atoms with Gasteiger partial charge in [-0.2, -0.15) is 0 Å². The van der Waals surface area contributed by atoms with Gasteiger partial charge in [-0.15, -0.1) is 0 Å². The minimum atomic E-state index is -1.03. The third-order valence-corrected chi connectivity index (χ3v) is 5.82. The molecule has 0 radical (unpaired) electrons. The average Bonchev–Trinajstić information content (AvgIpc) is 3.16. The molecule has 5 rings (SSSR count). The standard InChI is InChI=1S/C21H21NO6/c1-22-6-5-12-8-15-21(28-10-27-15)19-17(12)13(22)7-11-3-4-14(25-2)20(18(11)19)26-9-16(23)24/h3-4,8,13H,5-7,9-10H2,1-2H3,(H,23,24)/t13-/m0/s1. The van der Waals surface area contributed by atoms with E-state index >= 15 is 0 Å². The zero-order chi connectivity index (χ0) is 19.4. The van der Waals surface area contributed by atoms with Crippen LogP contribution in [0.3, 0.4) is 0 Å². The molecule has 1 aliphatic carbocycles. The molecule has 3 aliphatic rings. The van der Waals surface area contributed by atoms with Gasteiger partial charge in [-0.1, -0.05) is 6.07 Å². The minimum Gasteiger partial charge on any atom is -0.493 e. The molecular weight excluding hydrogens is 362 g/mol. The van der Waals surface area contributed by atoms with E-state index in [2.05, 4.69) is 18.0 Å². The van der Waals surface area contributed by atoms with E-state index in [4.69, 9.17) is 24.1 Å². The average molecular weight is 383 g/mol. The number of aliphatic carboxylic acids is 1. The molecule has 0 amide bonds. The summed E-state index contributed by atoms with van der Waals surface area (Å²) in [4.78, 5) is 13.5. The van der Waals surface area contributed by atoms with Gasteiger partial charge in [0.05, 0.1) is 7.11 Å². The topological polar surface area (TPSA) is 77.5 Å². The zero-order valence-electron chi connectivity index (χ0n) is 15.8. The summed E-state index contributed by atoms with van der Waals surface area (Å²) in [6.45, 7) is 0.714. The number of rotatable bonds is 4. The minimum absolute atomic E-state index is 0.177. The molecule has 2 heterocycles. The van der Waals surface area contributed by atoms with Crippen molar-refractivity contribution in [1.82, 2.24) is 4.90 Å². The Bertz CT molecular complexity index is 986. The number of likely N-dealkylation sites (N-methyl/N-ethyl adjacent to an activating group) is 1. The second kappa shape index (κ2) is 6.31. The molecule has 146 valence electrons. The highest BCUT2D eigenvalue weighted by Crippen LogP contribution is 2.57. The van der Waals surface area contributed by atoms with E-state index in [9.17, 15) is 4.79 Å². The Kier molecular flexibility index (Phi) is 3.87. The van der Waals surface area contributed by atoms with Crippen molar-refractivity contribution in [2.24, 2.45) is 0 Å². The van der Waals surface area contributed by atoms with Crippen molar-refractivity contribution in [3.8, 4) is 34.1 Å². The lowest BCUT2D eigenvalue weighted by molar-refractivity contribution is -0.139. The molecule has 2 aliphatic heterocycles. The van der Waals surface area contributed by atoms with Crippen LogP contribution in [-0.4, -0.2) is 50.1 Å². The molecule has 0 bridgehead atoms. The SMILES string of the molecule is COc1ccc2c(c1OCC(=O)O)-c1c3c(cc4c1[C@H](C2)N(C)CC4)OCO3. The normalized spacial score (nSPS) is 19.0. The van der Waals surface area contributed by atoms with E-state index in [-0.39, 0.29) is 12.8 Å². The van der Waals surface area contributed by atoms with Crippen LogP contribution in [0.25, 0.3) is 11.1 Å². The number of carboxylic acids is 1. The Morgan fingerprint density at radius 2 is 2.14 bits per heavy atom. The van der Waals surface area contributed by atoms with E-state index in [1.54, 1.807) is 7.11 Å². The second-order valence-electron chi connectivity index (χ2n) is 7.32. The summed E-state index contributed by atoms with van der Waals surface area (Å²) in [7, 11) is 3.69. The summed E-state index contributed by atoms with van der Waals surface area (Å²) < 4.78 is 22.8. The third-order valence-electron chi connectivity index (χ3n) is 5.82. The van der Waals surface area contributed by atoms with Crippen molar-refractivity contribution in [3.05, 3.63) is 34.9 Å². The lowest BCUT2D eigenvalue weighted by atomic mass is 9.76. The Balaban J connectivity index is 1.80. The molecular formula is C21H21NO6. The third kappa shape index (κ3) is 2.43. The van der Waals surface area contributed by atoms with Gasteiger partial charge in [-0.3, -0.25) is 4.90 Å². The second-order valence-corrected chi connectivity index (χ2v) is 7.32.